The monoisotopic (exact) mass is 290 g/mol. The average molecular weight is 290 g/mol. The first-order valence-corrected chi connectivity index (χ1v) is 7.75. The number of carbonyl (C=O) groups excluding carboxylic acids is 1. The molecule has 0 spiro atoms. The molecular weight excluding hydrogens is 272 g/mol. The first-order valence-electron chi connectivity index (χ1n) is 6.93. The van der Waals surface area contributed by atoms with Crippen LogP contribution in [0.25, 0.3) is 0 Å². The normalized spacial score (nSPS) is 18.7. The number of hydrogen-bond donors (Lipinski definition) is 0. The largest absolute Gasteiger partial charge is 0.331 e. The highest BCUT2D eigenvalue weighted by Gasteiger charge is 2.32. The zero-order valence-corrected chi connectivity index (χ0v) is 12.6. The van der Waals surface area contributed by atoms with Crippen molar-refractivity contribution in [3.8, 4) is 0 Å². The molecule has 1 amide bonds. The molecular formula is C14H18N4OS. The third-order valence-corrected chi connectivity index (χ3v) is 4.82. The van der Waals surface area contributed by atoms with Crippen molar-refractivity contribution < 1.29 is 4.79 Å². The maximum absolute atomic E-state index is 12.6. The molecule has 0 aliphatic carbocycles. The molecule has 1 aliphatic rings. The molecule has 0 aromatic carbocycles. The van der Waals surface area contributed by atoms with Gasteiger partial charge in [0.25, 0.3) is 5.91 Å². The van der Waals surface area contributed by atoms with Crippen LogP contribution in [-0.2, 0) is 13.5 Å². The van der Waals surface area contributed by atoms with Crippen molar-refractivity contribution in [3.05, 3.63) is 34.0 Å². The van der Waals surface area contributed by atoms with Crippen LogP contribution >= 0.6 is 11.3 Å². The number of aromatic nitrogens is 3. The van der Waals surface area contributed by atoms with Crippen LogP contribution < -0.4 is 0 Å². The quantitative estimate of drug-likeness (QED) is 0.872. The summed E-state index contributed by atoms with van der Waals surface area (Å²) in [7, 11) is 1.90. The molecule has 20 heavy (non-hydrogen) atoms. The zero-order chi connectivity index (χ0) is 14.1. The Labute approximate surface area is 122 Å². The standard InChI is InChI=1S/C14H18N4OS/c1-3-13-15-8-12(20-13)14(19)18-6-4-5-11(18)10-7-16-17(2)9-10/h7-9,11H,3-6H2,1-2H3. The Hall–Kier alpha value is -1.69. The molecule has 1 unspecified atom stereocenters. The van der Waals surface area contributed by atoms with Gasteiger partial charge >= 0.3 is 0 Å². The molecule has 0 N–H and O–H groups in total. The molecule has 106 valence electrons. The lowest BCUT2D eigenvalue weighted by molar-refractivity contribution is 0.0740. The summed E-state index contributed by atoms with van der Waals surface area (Å²) in [5, 5.41) is 5.23. The molecule has 0 bridgehead atoms. The van der Waals surface area contributed by atoms with E-state index in [4.69, 9.17) is 0 Å². The lowest BCUT2D eigenvalue weighted by Crippen LogP contribution is -2.29. The van der Waals surface area contributed by atoms with E-state index < -0.39 is 0 Å². The Morgan fingerprint density at radius 2 is 2.35 bits per heavy atom. The van der Waals surface area contributed by atoms with Gasteiger partial charge in [-0.3, -0.25) is 9.48 Å². The zero-order valence-electron chi connectivity index (χ0n) is 11.7. The fourth-order valence-corrected chi connectivity index (χ4v) is 3.50. The Morgan fingerprint density at radius 3 is 3.00 bits per heavy atom. The van der Waals surface area contributed by atoms with Crippen LogP contribution in [0, 0.1) is 0 Å². The van der Waals surface area contributed by atoms with Gasteiger partial charge in [-0.05, 0) is 19.3 Å². The SMILES string of the molecule is CCc1ncc(C(=O)N2CCCC2c2cnn(C)c2)s1. The Kier molecular flexibility index (Phi) is 3.56. The molecule has 1 aliphatic heterocycles. The number of carbonyl (C=O) groups is 1. The van der Waals surface area contributed by atoms with Crippen molar-refractivity contribution in [1.29, 1.82) is 0 Å². The van der Waals surface area contributed by atoms with Gasteiger partial charge in [0.1, 0.15) is 4.88 Å². The van der Waals surface area contributed by atoms with Gasteiger partial charge in [-0.25, -0.2) is 4.98 Å². The van der Waals surface area contributed by atoms with E-state index >= 15 is 0 Å². The van der Waals surface area contributed by atoms with Crippen LogP contribution in [0.3, 0.4) is 0 Å². The van der Waals surface area contributed by atoms with Crippen LogP contribution in [-0.4, -0.2) is 32.1 Å². The second kappa shape index (κ2) is 5.36. The fraction of sp³-hybridized carbons (Fsp3) is 0.500. The van der Waals surface area contributed by atoms with E-state index in [1.54, 1.807) is 10.9 Å². The van der Waals surface area contributed by atoms with Crippen LogP contribution in [0.4, 0.5) is 0 Å². The predicted molar refractivity (Wildman–Crippen MR) is 77.7 cm³/mol. The van der Waals surface area contributed by atoms with E-state index in [9.17, 15) is 4.79 Å². The summed E-state index contributed by atoms with van der Waals surface area (Å²) < 4.78 is 1.79. The highest BCUT2D eigenvalue weighted by atomic mass is 32.1. The van der Waals surface area contributed by atoms with Crippen molar-refractivity contribution in [2.75, 3.05) is 6.54 Å². The number of aryl methyl sites for hydroxylation is 2. The number of thiazole rings is 1. The fourth-order valence-electron chi connectivity index (χ4n) is 2.68. The van der Waals surface area contributed by atoms with Gasteiger partial charge in [0.15, 0.2) is 0 Å². The number of amides is 1. The molecule has 2 aromatic heterocycles. The smallest absolute Gasteiger partial charge is 0.266 e. The van der Waals surface area contributed by atoms with E-state index in [1.165, 1.54) is 11.3 Å². The van der Waals surface area contributed by atoms with Crippen molar-refractivity contribution >= 4 is 17.2 Å². The lowest BCUT2D eigenvalue weighted by Gasteiger charge is -2.23. The minimum atomic E-state index is 0.105. The first-order chi connectivity index (χ1) is 9.69. The summed E-state index contributed by atoms with van der Waals surface area (Å²) in [6, 6.07) is 0.156. The Morgan fingerprint density at radius 1 is 1.50 bits per heavy atom. The van der Waals surface area contributed by atoms with E-state index in [-0.39, 0.29) is 11.9 Å². The summed E-state index contributed by atoms with van der Waals surface area (Å²) in [6.45, 7) is 2.87. The van der Waals surface area contributed by atoms with Crippen LogP contribution in [0.5, 0.6) is 0 Å². The summed E-state index contributed by atoms with van der Waals surface area (Å²) in [4.78, 5) is 19.6. The van der Waals surface area contributed by atoms with Gasteiger partial charge in [-0.15, -0.1) is 11.3 Å². The van der Waals surface area contributed by atoms with Crippen molar-refractivity contribution in [1.82, 2.24) is 19.7 Å². The van der Waals surface area contributed by atoms with Gasteiger partial charge in [0.05, 0.1) is 23.4 Å². The van der Waals surface area contributed by atoms with Crippen molar-refractivity contribution in [2.45, 2.75) is 32.2 Å². The third kappa shape index (κ3) is 2.35. The van der Waals surface area contributed by atoms with Gasteiger partial charge in [-0.1, -0.05) is 6.92 Å². The second-order valence-electron chi connectivity index (χ2n) is 5.08. The van der Waals surface area contributed by atoms with Crippen molar-refractivity contribution in [2.24, 2.45) is 7.05 Å². The van der Waals surface area contributed by atoms with Crippen molar-refractivity contribution in [3.63, 3.8) is 0 Å². The molecule has 1 fully saturated rings. The first kappa shape index (κ1) is 13.3. The molecule has 3 rings (SSSR count). The highest BCUT2D eigenvalue weighted by molar-refractivity contribution is 7.13. The molecule has 2 aromatic rings. The Balaban J connectivity index is 1.83. The van der Waals surface area contributed by atoms with Crippen LogP contribution in [0.2, 0.25) is 0 Å². The third-order valence-electron chi connectivity index (χ3n) is 3.69. The minimum absolute atomic E-state index is 0.105. The summed E-state index contributed by atoms with van der Waals surface area (Å²) in [5.74, 6) is 0.105. The molecule has 5 nitrogen and oxygen atoms in total. The molecule has 1 saturated heterocycles. The number of rotatable bonds is 3. The number of likely N-dealkylation sites (tertiary alicyclic amines) is 1. The highest BCUT2D eigenvalue weighted by Crippen LogP contribution is 2.33. The minimum Gasteiger partial charge on any atom is -0.331 e. The molecule has 0 radical (unpaired) electrons. The topological polar surface area (TPSA) is 51.0 Å². The molecule has 6 heteroatoms. The molecule has 3 heterocycles. The lowest BCUT2D eigenvalue weighted by atomic mass is 10.1. The summed E-state index contributed by atoms with van der Waals surface area (Å²) in [5.41, 5.74) is 1.12. The van der Waals surface area contributed by atoms with E-state index in [0.717, 1.165) is 41.3 Å². The van der Waals surface area contributed by atoms with Gasteiger partial charge in [-0.2, -0.15) is 5.10 Å². The van der Waals surface area contributed by atoms with Gasteiger partial charge in [0, 0.05) is 25.4 Å². The van der Waals surface area contributed by atoms with E-state index in [2.05, 4.69) is 17.0 Å². The van der Waals surface area contributed by atoms with E-state index in [0.29, 0.717) is 0 Å². The number of nitrogens with zero attached hydrogens (tertiary/aromatic N) is 4. The Bertz CT molecular complexity index is 618. The molecule has 1 atom stereocenters. The molecule has 0 saturated carbocycles. The van der Waals surface area contributed by atoms with E-state index in [1.807, 2.05) is 24.3 Å². The van der Waals surface area contributed by atoms with Gasteiger partial charge < -0.3 is 4.90 Å². The average Bonchev–Trinajstić information content (AvgIpc) is 3.17. The van der Waals surface area contributed by atoms with Gasteiger partial charge in [0.2, 0.25) is 0 Å². The predicted octanol–water partition coefficient (Wildman–Crippen LogP) is 2.42. The number of hydrogen-bond acceptors (Lipinski definition) is 4. The summed E-state index contributed by atoms with van der Waals surface area (Å²) >= 11 is 1.51. The van der Waals surface area contributed by atoms with Crippen LogP contribution in [0.1, 0.15) is 46.0 Å². The summed E-state index contributed by atoms with van der Waals surface area (Å²) in [6.07, 6.45) is 8.51. The van der Waals surface area contributed by atoms with Crippen LogP contribution in [0.15, 0.2) is 18.6 Å². The maximum atomic E-state index is 12.6. The maximum Gasteiger partial charge on any atom is 0.266 e. The second-order valence-corrected chi connectivity index (χ2v) is 6.19.